The molecule has 0 aromatic rings. The maximum absolute atomic E-state index is 11.4. The van der Waals surface area contributed by atoms with Crippen molar-refractivity contribution < 1.29 is 12.6 Å². The molecule has 1 aliphatic rings. The van der Waals surface area contributed by atoms with E-state index >= 15 is 0 Å². The number of hydrogen-bond acceptors (Lipinski definition) is 4. The standard InChI is InChI=1S/C10H21NO3S2/c1-3-16(13,14)8-9(2)11-10-4-6-15(12)7-5-10/h9-11H,3-8H2,1-2H3. The Bertz CT molecular complexity index is 330. The van der Waals surface area contributed by atoms with Crippen LogP contribution in [0.2, 0.25) is 0 Å². The summed E-state index contributed by atoms with van der Waals surface area (Å²) in [6.45, 7) is 3.57. The molecular weight excluding hydrogens is 246 g/mol. The van der Waals surface area contributed by atoms with E-state index in [1.54, 1.807) is 6.92 Å². The Balaban J connectivity index is 2.34. The SMILES string of the molecule is CCS(=O)(=O)CC(C)NC1CCS(=O)CC1. The van der Waals surface area contributed by atoms with Gasteiger partial charge in [0.25, 0.3) is 0 Å². The fraction of sp³-hybridized carbons (Fsp3) is 1.00. The van der Waals surface area contributed by atoms with Crippen molar-refractivity contribution in [1.29, 1.82) is 0 Å². The first-order valence-corrected chi connectivity index (χ1v) is 9.05. The zero-order valence-electron chi connectivity index (χ0n) is 9.94. The minimum Gasteiger partial charge on any atom is -0.310 e. The maximum atomic E-state index is 11.4. The number of nitrogens with one attached hydrogen (secondary N) is 1. The highest BCUT2D eigenvalue weighted by atomic mass is 32.2. The van der Waals surface area contributed by atoms with E-state index in [0.717, 1.165) is 24.3 Å². The second-order valence-electron chi connectivity index (χ2n) is 4.39. The molecule has 96 valence electrons. The molecule has 0 aromatic carbocycles. The van der Waals surface area contributed by atoms with Crippen LogP contribution < -0.4 is 5.32 Å². The molecule has 0 radical (unpaired) electrons. The van der Waals surface area contributed by atoms with Crippen molar-refractivity contribution in [3.05, 3.63) is 0 Å². The van der Waals surface area contributed by atoms with Crippen LogP contribution in [0.3, 0.4) is 0 Å². The van der Waals surface area contributed by atoms with Gasteiger partial charge in [-0.25, -0.2) is 8.42 Å². The summed E-state index contributed by atoms with van der Waals surface area (Å²) in [5.41, 5.74) is 0. The summed E-state index contributed by atoms with van der Waals surface area (Å²) in [5.74, 6) is 1.88. The van der Waals surface area contributed by atoms with Crippen molar-refractivity contribution in [3.63, 3.8) is 0 Å². The smallest absolute Gasteiger partial charge is 0.151 e. The molecule has 1 rings (SSSR count). The molecule has 1 aliphatic heterocycles. The molecule has 1 unspecified atom stereocenters. The Hall–Kier alpha value is 0.0600. The topological polar surface area (TPSA) is 63.2 Å². The second-order valence-corrected chi connectivity index (χ2v) is 8.48. The van der Waals surface area contributed by atoms with Crippen molar-refractivity contribution >= 4 is 20.6 Å². The van der Waals surface area contributed by atoms with Crippen molar-refractivity contribution in [2.24, 2.45) is 0 Å². The molecule has 0 spiro atoms. The van der Waals surface area contributed by atoms with E-state index in [4.69, 9.17) is 0 Å². The molecule has 0 saturated carbocycles. The van der Waals surface area contributed by atoms with Crippen molar-refractivity contribution in [3.8, 4) is 0 Å². The third-order valence-electron chi connectivity index (χ3n) is 2.85. The fourth-order valence-corrected chi connectivity index (χ4v) is 4.30. The van der Waals surface area contributed by atoms with Gasteiger partial charge in [-0.2, -0.15) is 0 Å². The number of rotatable bonds is 5. The van der Waals surface area contributed by atoms with E-state index in [1.807, 2.05) is 6.92 Å². The summed E-state index contributed by atoms with van der Waals surface area (Å²) in [5, 5.41) is 3.32. The lowest BCUT2D eigenvalue weighted by Gasteiger charge is -2.26. The van der Waals surface area contributed by atoms with E-state index in [1.165, 1.54) is 0 Å². The Morgan fingerprint density at radius 3 is 2.44 bits per heavy atom. The van der Waals surface area contributed by atoms with Crippen LogP contribution in [-0.2, 0) is 20.6 Å². The molecule has 16 heavy (non-hydrogen) atoms. The lowest BCUT2D eigenvalue weighted by atomic mass is 10.1. The lowest BCUT2D eigenvalue weighted by molar-refractivity contribution is 0.434. The fourth-order valence-electron chi connectivity index (χ4n) is 1.91. The average Bonchev–Trinajstić information content (AvgIpc) is 2.21. The summed E-state index contributed by atoms with van der Waals surface area (Å²) < 4.78 is 34.0. The third kappa shape index (κ3) is 4.93. The van der Waals surface area contributed by atoms with Gasteiger partial charge in [0.15, 0.2) is 9.84 Å². The van der Waals surface area contributed by atoms with E-state index < -0.39 is 20.6 Å². The first-order valence-electron chi connectivity index (χ1n) is 5.74. The van der Waals surface area contributed by atoms with Crippen LogP contribution >= 0.6 is 0 Å². The van der Waals surface area contributed by atoms with Gasteiger partial charge in [-0.15, -0.1) is 0 Å². The first kappa shape index (κ1) is 14.1. The van der Waals surface area contributed by atoms with Gasteiger partial charge in [0, 0.05) is 40.1 Å². The summed E-state index contributed by atoms with van der Waals surface area (Å²) >= 11 is 0. The average molecular weight is 267 g/mol. The Labute approximate surface area is 101 Å². The van der Waals surface area contributed by atoms with Gasteiger partial charge < -0.3 is 5.32 Å². The Kier molecular flexibility index (Phi) is 5.40. The van der Waals surface area contributed by atoms with Crippen molar-refractivity contribution in [1.82, 2.24) is 5.32 Å². The van der Waals surface area contributed by atoms with Crippen molar-refractivity contribution in [2.45, 2.75) is 38.8 Å². The van der Waals surface area contributed by atoms with Crippen LogP contribution in [0, 0.1) is 0 Å². The molecule has 1 fully saturated rings. The largest absolute Gasteiger partial charge is 0.310 e. The van der Waals surface area contributed by atoms with E-state index in [0.29, 0.717) is 6.04 Å². The summed E-state index contributed by atoms with van der Waals surface area (Å²) in [6, 6.07) is 0.321. The van der Waals surface area contributed by atoms with E-state index in [9.17, 15) is 12.6 Å². The van der Waals surface area contributed by atoms with Gasteiger partial charge in [0.2, 0.25) is 0 Å². The minimum absolute atomic E-state index is 0.0125. The Morgan fingerprint density at radius 2 is 1.94 bits per heavy atom. The number of hydrogen-bond donors (Lipinski definition) is 1. The maximum Gasteiger partial charge on any atom is 0.151 e. The van der Waals surface area contributed by atoms with Gasteiger partial charge in [-0.05, 0) is 19.8 Å². The Morgan fingerprint density at radius 1 is 1.38 bits per heavy atom. The normalized spacial score (nSPS) is 28.9. The third-order valence-corrected chi connectivity index (χ3v) is 6.12. The van der Waals surface area contributed by atoms with Crippen LogP contribution in [0.25, 0.3) is 0 Å². The predicted octanol–water partition coefficient (Wildman–Crippen LogP) is 0.310. The van der Waals surface area contributed by atoms with Gasteiger partial charge in [0.1, 0.15) is 0 Å². The van der Waals surface area contributed by atoms with Crippen LogP contribution in [0.5, 0.6) is 0 Å². The highest BCUT2D eigenvalue weighted by Crippen LogP contribution is 2.10. The minimum atomic E-state index is -2.90. The highest BCUT2D eigenvalue weighted by molar-refractivity contribution is 7.91. The second kappa shape index (κ2) is 6.12. The summed E-state index contributed by atoms with van der Waals surface area (Å²) in [6.07, 6.45) is 1.78. The van der Waals surface area contributed by atoms with Crippen LogP contribution in [-0.4, -0.2) is 47.7 Å². The van der Waals surface area contributed by atoms with Crippen molar-refractivity contribution in [2.75, 3.05) is 23.0 Å². The zero-order chi connectivity index (χ0) is 12.2. The molecule has 4 nitrogen and oxygen atoms in total. The van der Waals surface area contributed by atoms with Gasteiger partial charge >= 0.3 is 0 Å². The van der Waals surface area contributed by atoms with Gasteiger partial charge in [0.05, 0.1) is 5.75 Å². The predicted molar refractivity (Wildman–Crippen MR) is 67.8 cm³/mol. The molecule has 1 N–H and O–H groups in total. The summed E-state index contributed by atoms with van der Waals surface area (Å²) in [4.78, 5) is 0. The van der Waals surface area contributed by atoms with Crippen LogP contribution in [0.15, 0.2) is 0 Å². The zero-order valence-corrected chi connectivity index (χ0v) is 11.6. The van der Waals surface area contributed by atoms with Gasteiger partial charge in [-0.1, -0.05) is 6.92 Å². The first-order chi connectivity index (χ1) is 7.43. The van der Waals surface area contributed by atoms with E-state index in [-0.39, 0.29) is 17.5 Å². The summed E-state index contributed by atoms with van der Waals surface area (Å²) in [7, 11) is -3.56. The molecule has 1 atom stereocenters. The van der Waals surface area contributed by atoms with Gasteiger partial charge in [-0.3, -0.25) is 4.21 Å². The quantitative estimate of drug-likeness (QED) is 0.779. The molecule has 6 heteroatoms. The number of sulfone groups is 1. The molecule has 0 aromatic heterocycles. The lowest BCUT2D eigenvalue weighted by Crippen LogP contribution is -2.43. The molecule has 1 saturated heterocycles. The molecular formula is C10H21NO3S2. The molecule has 0 bridgehead atoms. The van der Waals surface area contributed by atoms with E-state index in [2.05, 4.69) is 5.32 Å². The van der Waals surface area contributed by atoms with Crippen LogP contribution in [0.1, 0.15) is 26.7 Å². The molecule has 0 aliphatic carbocycles. The molecule has 1 heterocycles. The monoisotopic (exact) mass is 267 g/mol. The van der Waals surface area contributed by atoms with Crippen LogP contribution in [0.4, 0.5) is 0 Å². The highest BCUT2D eigenvalue weighted by Gasteiger charge is 2.21. The molecule has 0 amide bonds.